The highest BCUT2D eigenvalue weighted by Crippen LogP contribution is 2.32. The number of hydrogen-bond acceptors (Lipinski definition) is 4. The second-order valence-corrected chi connectivity index (χ2v) is 8.46. The van der Waals surface area contributed by atoms with E-state index in [1.807, 2.05) is 31.2 Å². The highest BCUT2D eigenvalue weighted by molar-refractivity contribution is 8.00. The van der Waals surface area contributed by atoms with Gasteiger partial charge in [-0.05, 0) is 55.7 Å². The largest absolute Gasteiger partial charge is 0.298 e. The summed E-state index contributed by atoms with van der Waals surface area (Å²) in [6.45, 7) is 1.99. The SMILES string of the molecule is Cc1cccc(-n2c(SC3CCCCC3=O)nc3cc(Cl)ccc3c2=O)c1. The first-order valence-electron chi connectivity index (χ1n) is 9.01. The molecule has 4 nitrogen and oxygen atoms in total. The van der Waals surface area contributed by atoms with Crippen LogP contribution >= 0.6 is 23.4 Å². The fraction of sp³-hybridized carbons (Fsp3) is 0.286. The van der Waals surface area contributed by atoms with Crippen LogP contribution in [0.15, 0.2) is 52.4 Å². The number of nitrogens with zero attached hydrogens (tertiary/aromatic N) is 2. The van der Waals surface area contributed by atoms with Crippen molar-refractivity contribution in [2.45, 2.75) is 43.0 Å². The Labute approximate surface area is 166 Å². The molecule has 1 aliphatic rings. The number of carbonyl (C=O) groups excluding carboxylic acids is 1. The van der Waals surface area contributed by atoms with E-state index in [0.717, 1.165) is 30.5 Å². The highest BCUT2D eigenvalue weighted by Gasteiger charge is 2.26. The maximum absolute atomic E-state index is 13.3. The van der Waals surface area contributed by atoms with E-state index in [1.165, 1.54) is 11.8 Å². The van der Waals surface area contributed by atoms with Crippen LogP contribution in [0.25, 0.3) is 16.6 Å². The van der Waals surface area contributed by atoms with Crippen molar-refractivity contribution in [3.8, 4) is 5.69 Å². The summed E-state index contributed by atoms with van der Waals surface area (Å²) in [5.74, 6) is 0.238. The van der Waals surface area contributed by atoms with Crippen molar-refractivity contribution in [1.29, 1.82) is 0 Å². The van der Waals surface area contributed by atoms with E-state index in [4.69, 9.17) is 16.6 Å². The molecule has 1 fully saturated rings. The average Bonchev–Trinajstić information content (AvgIpc) is 2.63. The fourth-order valence-corrected chi connectivity index (χ4v) is 4.81. The highest BCUT2D eigenvalue weighted by atomic mass is 35.5. The maximum Gasteiger partial charge on any atom is 0.266 e. The lowest BCUT2D eigenvalue weighted by atomic mass is 9.99. The lowest BCUT2D eigenvalue weighted by molar-refractivity contribution is -0.119. The van der Waals surface area contributed by atoms with E-state index in [2.05, 4.69) is 0 Å². The Morgan fingerprint density at radius 2 is 2.00 bits per heavy atom. The van der Waals surface area contributed by atoms with Gasteiger partial charge in [-0.25, -0.2) is 4.98 Å². The van der Waals surface area contributed by atoms with Gasteiger partial charge in [0.15, 0.2) is 5.16 Å². The van der Waals surface area contributed by atoms with Crippen molar-refractivity contribution in [1.82, 2.24) is 9.55 Å². The number of benzene rings is 2. The van der Waals surface area contributed by atoms with Gasteiger partial charge >= 0.3 is 0 Å². The molecular formula is C21H19ClN2O2S. The van der Waals surface area contributed by atoms with Gasteiger partial charge in [-0.3, -0.25) is 14.2 Å². The number of carbonyl (C=O) groups is 1. The molecule has 0 saturated heterocycles. The molecule has 1 heterocycles. The summed E-state index contributed by atoms with van der Waals surface area (Å²) in [4.78, 5) is 30.3. The van der Waals surface area contributed by atoms with Crippen LogP contribution in [0, 0.1) is 6.92 Å². The normalized spacial score (nSPS) is 17.4. The Balaban J connectivity index is 1.92. The van der Waals surface area contributed by atoms with E-state index in [9.17, 15) is 9.59 Å². The van der Waals surface area contributed by atoms with Crippen LogP contribution in [-0.4, -0.2) is 20.6 Å². The van der Waals surface area contributed by atoms with E-state index in [-0.39, 0.29) is 16.6 Å². The summed E-state index contributed by atoms with van der Waals surface area (Å²) >= 11 is 7.50. The summed E-state index contributed by atoms with van der Waals surface area (Å²) in [5.41, 5.74) is 2.23. The van der Waals surface area contributed by atoms with E-state index in [0.29, 0.717) is 27.5 Å². The molecule has 1 aliphatic carbocycles. The third-order valence-corrected chi connectivity index (χ3v) is 6.31. The molecule has 0 radical (unpaired) electrons. The second-order valence-electron chi connectivity index (χ2n) is 6.85. The smallest absolute Gasteiger partial charge is 0.266 e. The number of Topliss-reactive ketones (excluding diaryl/α,β-unsaturated/α-hetero) is 1. The number of hydrogen-bond donors (Lipinski definition) is 0. The molecule has 4 rings (SSSR count). The topological polar surface area (TPSA) is 52.0 Å². The van der Waals surface area contributed by atoms with Crippen LogP contribution in [-0.2, 0) is 4.79 Å². The molecule has 0 amide bonds. The molecule has 0 bridgehead atoms. The number of halogens is 1. The monoisotopic (exact) mass is 398 g/mol. The zero-order valence-corrected chi connectivity index (χ0v) is 16.5. The third kappa shape index (κ3) is 3.66. The van der Waals surface area contributed by atoms with Gasteiger partial charge < -0.3 is 0 Å². The van der Waals surface area contributed by atoms with E-state index < -0.39 is 0 Å². The lowest BCUT2D eigenvalue weighted by Crippen LogP contribution is -2.26. The van der Waals surface area contributed by atoms with Crippen molar-refractivity contribution < 1.29 is 4.79 Å². The minimum atomic E-state index is -0.154. The van der Waals surface area contributed by atoms with Crippen LogP contribution in [0.5, 0.6) is 0 Å². The quantitative estimate of drug-likeness (QED) is 0.585. The number of ketones is 1. The Morgan fingerprint density at radius 3 is 2.78 bits per heavy atom. The number of thioether (sulfide) groups is 1. The van der Waals surface area contributed by atoms with Crippen molar-refractivity contribution >= 4 is 40.0 Å². The van der Waals surface area contributed by atoms with Gasteiger partial charge in [0, 0.05) is 11.4 Å². The minimum Gasteiger partial charge on any atom is -0.298 e. The van der Waals surface area contributed by atoms with Crippen LogP contribution in [0.3, 0.4) is 0 Å². The van der Waals surface area contributed by atoms with Gasteiger partial charge in [-0.15, -0.1) is 0 Å². The van der Waals surface area contributed by atoms with Gasteiger partial charge in [0.1, 0.15) is 5.78 Å². The molecular weight excluding hydrogens is 380 g/mol. The molecule has 1 saturated carbocycles. The third-order valence-electron chi connectivity index (χ3n) is 4.81. The molecule has 1 unspecified atom stereocenters. The Bertz CT molecular complexity index is 1090. The number of aromatic nitrogens is 2. The molecule has 0 aliphatic heterocycles. The molecule has 27 heavy (non-hydrogen) atoms. The number of rotatable bonds is 3. The van der Waals surface area contributed by atoms with Gasteiger partial charge in [0.25, 0.3) is 5.56 Å². The van der Waals surface area contributed by atoms with Crippen LogP contribution in [0.4, 0.5) is 0 Å². The van der Waals surface area contributed by atoms with Crippen LogP contribution in [0.2, 0.25) is 5.02 Å². The average molecular weight is 399 g/mol. The molecule has 0 N–H and O–H groups in total. The Hall–Kier alpha value is -2.11. The molecule has 3 aromatic rings. The first-order chi connectivity index (χ1) is 13.0. The lowest BCUT2D eigenvalue weighted by Gasteiger charge is -2.21. The summed E-state index contributed by atoms with van der Waals surface area (Å²) in [5, 5.41) is 1.44. The molecule has 1 aromatic heterocycles. The standard InChI is InChI=1S/C21H19ClN2O2S/c1-13-5-4-6-15(11-13)24-20(26)16-10-9-14(22)12-17(16)23-21(24)27-19-8-3-2-7-18(19)25/h4-6,9-12,19H,2-3,7-8H2,1H3. The molecule has 2 aromatic carbocycles. The van der Waals surface area contributed by atoms with Gasteiger partial charge in [0.2, 0.25) is 0 Å². The Morgan fingerprint density at radius 1 is 1.15 bits per heavy atom. The van der Waals surface area contributed by atoms with E-state index >= 15 is 0 Å². The van der Waals surface area contributed by atoms with Gasteiger partial charge in [-0.1, -0.05) is 41.9 Å². The number of fused-ring (bicyclic) bond motifs is 1. The number of aryl methyl sites for hydroxylation is 1. The zero-order chi connectivity index (χ0) is 19.0. The van der Waals surface area contributed by atoms with E-state index in [1.54, 1.807) is 22.8 Å². The van der Waals surface area contributed by atoms with Crippen molar-refractivity contribution in [2.24, 2.45) is 0 Å². The summed E-state index contributed by atoms with van der Waals surface area (Å²) in [6.07, 6.45) is 3.39. The fourth-order valence-electron chi connectivity index (χ4n) is 3.42. The predicted molar refractivity (Wildman–Crippen MR) is 110 cm³/mol. The predicted octanol–water partition coefficient (Wildman–Crippen LogP) is 4.95. The minimum absolute atomic E-state index is 0.145. The molecule has 0 spiro atoms. The van der Waals surface area contributed by atoms with Crippen molar-refractivity contribution in [3.63, 3.8) is 0 Å². The van der Waals surface area contributed by atoms with Gasteiger partial charge in [-0.2, -0.15) is 0 Å². The van der Waals surface area contributed by atoms with Crippen LogP contribution < -0.4 is 5.56 Å². The molecule has 6 heteroatoms. The zero-order valence-electron chi connectivity index (χ0n) is 14.9. The maximum atomic E-state index is 13.3. The Kier molecular flexibility index (Phi) is 5.06. The summed E-state index contributed by atoms with van der Waals surface area (Å²) in [7, 11) is 0. The first-order valence-corrected chi connectivity index (χ1v) is 10.3. The second kappa shape index (κ2) is 7.49. The summed E-state index contributed by atoms with van der Waals surface area (Å²) < 4.78 is 1.62. The van der Waals surface area contributed by atoms with Crippen LogP contribution in [0.1, 0.15) is 31.2 Å². The molecule has 1 atom stereocenters. The first kappa shape index (κ1) is 18.3. The molecule has 138 valence electrons. The van der Waals surface area contributed by atoms with Gasteiger partial charge in [0.05, 0.1) is 21.8 Å². The van der Waals surface area contributed by atoms with Crippen molar-refractivity contribution in [2.75, 3.05) is 0 Å². The summed E-state index contributed by atoms with van der Waals surface area (Å²) in [6, 6.07) is 12.9. The van der Waals surface area contributed by atoms with Crippen molar-refractivity contribution in [3.05, 3.63) is 63.4 Å².